The second-order valence-corrected chi connectivity index (χ2v) is 6.93. The predicted octanol–water partition coefficient (Wildman–Crippen LogP) is 0.938. The molecule has 0 aromatic heterocycles. The normalized spacial score (nSPS) is 41.0. The van der Waals surface area contributed by atoms with E-state index in [2.05, 4.69) is 19.2 Å². The summed E-state index contributed by atoms with van der Waals surface area (Å²) < 4.78 is 11.1. The lowest BCUT2D eigenvalue weighted by Gasteiger charge is -2.60. The number of rotatable bonds is 3. The molecular weight excluding hydrogens is 274 g/mol. The van der Waals surface area contributed by atoms with Crippen LogP contribution in [0.15, 0.2) is 0 Å². The van der Waals surface area contributed by atoms with Crippen LogP contribution in [0.1, 0.15) is 39.5 Å². The monoisotopic (exact) mass is 297 g/mol. The van der Waals surface area contributed by atoms with Crippen molar-refractivity contribution in [2.75, 3.05) is 6.61 Å². The van der Waals surface area contributed by atoms with Crippen molar-refractivity contribution in [3.63, 3.8) is 0 Å². The van der Waals surface area contributed by atoms with E-state index in [1.807, 2.05) is 0 Å². The number of carboxylic acid groups (broad SMARTS) is 1. The maximum Gasteiger partial charge on any atom is 0.332 e. The second-order valence-electron chi connectivity index (χ2n) is 6.93. The van der Waals surface area contributed by atoms with Gasteiger partial charge in [0.05, 0.1) is 6.10 Å². The first kappa shape index (κ1) is 14.8. The molecule has 0 bridgehead atoms. The number of carboxylic acids is 1. The van der Waals surface area contributed by atoms with Gasteiger partial charge in [0.25, 0.3) is 0 Å². The molecule has 6 heteroatoms. The Morgan fingerprint density at radius 1 is 1.19 bits per heavy atom. The number of hydrogen-bond donors (Lipinski definition) is 2. The zero-order valence-electron chi connectivity index (χ0n) is 12.5. The number of amides is 1. The van der Waals surface area contributed by atoms with Crippen molar-refractivity contribution in [2.24, 2.45) is 11.3 Å². The number of ether oxygens (including phenoxy) is 2. The first-order chi connectivity index (χ1) is 9.91. The summed E-state index contributed by atoms with van der Waals surface area (Å²) in [4.78, 5) is 23.2. The quantitative estimate of drug-likeness (QED) is 0.810. The van der Waals surface area contributed by atoms with Gasteiger partial charge in [-0.25, -0.2) is 4.79 Å². The van der Waals surface area contributed by atoms with Gasteiger partial charge in [0.1, 0.15) is 6.10 Å². The molecule has 0 spiro atoms. The van der Waals surface area contributed by atoms with Crippen molar-refractivity contribution in [1.29, 1.82) is 0 Å². The highest BCUT2D eigenvalue weighted by atomic mass is 16.5. The molecule has 3 aliphatic rings. The van der Waals surface area contributed by atoms with Crippen LogP contribution in [0.2, 0.25) is 0 Å². The van der Waals surface area contributed by atoms with Gasteiger partial charge >= 0.3 is 5.97 Å². The van der Waals surface area contributed by atoms with Crippen molar-refractivity contribution in [2.45, 2.75) is 63.9 Å². The first-order valence-electron chi connectivity index (χ1n) is 7.71. The zero-order valence-corrected chi connectivity index (χ0v) is 12.5. The molecule has 3 unspecified atom stereocenters. The molecule has 0 aromatic rings. The van der Waals surface area contributed by atoms with Gasteiger partial charge in [-0.05, 0) is 25.7 Å². The molecule has 3 fully saturated rings. The van der Waals surface area contributed by atoms with E-state index in [4.69, 9.17) is 14.6 Å². The Morgan fingerprint density at radius 3 is 2.57 bits per heavy atom. The number of aliphatic carboxylic acids is 1. The SMILES string of the molecule is CC1(C)C(NC(=O)[C@@H]2CC[C@H](C(=O)O)O2)C2CCCOC21. The maximum absolute atomic E-state index is 12.3. The van der Waals surface area contributed by atoms with Gasteiger partial charge < -0.3 is 19.9 Å². The Labute approximate surface area is 124 Å². The van der Waals surface area contributed by atoms with Crippen molar-refractivity contribution < 1.29 is 24.2 Å². The summed E-state index contributed by atoms with van der Waals surface area (Å²) in [6, 6.07) is 0.0859. The highest BCUT2D eigenvalue weighted by Gasteiger charge is 2.58. The van der Waals surface area contributed by atoms with E-state index in [1.54, 1.807) is 0 Å². The molecule has 21 heavy (non-hydrogen) atoms. The smallest absolute Gasteiger partial charge is 0.332 e. The van der Waals surface area contributed by atoms with Crippen LogP contribution < -0.4 is 5.32 Å². The lowest BCUT2D eigenvalue weighted by atomic mass is 9.55. The summed E-state index contributed by atoms with van der Waals surface area (Å²) in [5, 5.41) is 12.0. The van der Waals surface area contributed by atoms with Gasteiger partial charge in [0, 0.05) is 24.0 Å². The fraction of sp³-hybridized carbons (Fsp3) is 0.867. The third kappa shape index (κ3) is 2.44. The van der Waals surface area contributed by atoms with Gasteiger partial charge in [0.15, 0.2) is 6.10 Å². The van der Waals surface area contributed by atoms with Gasteiger partial charge in [-0.1, -0.05) is 13.8 Å². The number of carbonyl (C=O) groups is 2. The van der Waals surface area contributed by atoms with Crippen LogP contribution in [-0.4, -0.2) is 47.9 Å². The molecule has 1 saturated carbocycles. The molecule has 1 aliphatic carbocycles. The van der Waals surface area contributed by atoms with Crippen molar-refractivity contribution in [1.82, 2.24) is 5.32 Å². The topological polar surface area (TPSA) is 84.9 Å². The number of nitrogens with one attached hydrogen (secondary N) is 1. The van der Waals surface area contributed by atoms with Crippen molar-refractivity contribution in [3.05, 3.63) is 0 Å². The lowest BCUT2D eigenvalue weighted by molar-refractivity contribution is -0.195. The summed E-state index contributed by atoms with van der Waals surface area (Å²) in [5.74, 6) is -0.801. The average molecular weight is 297 g/mol. The molecule has 0 radical (unpaired) electrons. The minimum absolute atomic E-state index is 0.0778. The molecule has 2 saturated heterocycles. The Hall–Kier alpha value is -1.14. The molecular formula is C15H23NO5. The number of hydrogen-bond acceptors (Lipinski definition) is 4. The Kier molecular flexibility index (Phi) is 3.69. The third-order valence-electron chi connectivity index (χ3n) is 5.22. The van der Waals surface area contributed by atoms with E-state index in [0.29, 0.717) is 18.8 Å². The molecule has 2 heterocycles. The molecule has 118 valence electrons. The van der Waals surface area contributed by atoms with Crippen molar-refractivity contribution in [3.8, 4) is 0 Å². The minimum atomic E-state index is -0.991. The van der Waals surface area contributed by atoms with Gasteiger partial charge in [-0.3, -0.25) is 4.79 Å². The number of fused-ring (bicyclic) bond motifs is 1. The van der Waals surface area contributed by atoms with Crippen LogP contribution in [0, 0.1) is 11.3 Å². The summed E-state index contributed by atoms with van der Waals surface area (Å²) in [6.45, 7) is 5.03. The standard InChI is InChI=1S/C15H23NO5/c1-15(2)11(8-4-3-7-20-12(8)15)16-13(17)9-5-6-10(21-9)14(18)19/h8-12H,3-7H2,1-2H3,(H,16,17)(H,18,19)/t8?,9-,10+,11?,12?/m0/s1. The van der Waals surface area contributed by atoms with E-state index in [-0.39, 0.29) is 23.5 Å². The van der Waals surface area contributed by atoms with Crippen LogP contribution in [0.4, 0.5) is 0 Å². The van der Waals surface area contributed by atoms with E-state index in [9.17, 15) is 9.59 Å². The Morgan fingerprint density at radius 2 is 1.90 bits per heavy atom. The lowest BCUT2D eigenvalue weighted by Crippen LogP contribution is -2.70. The zero-order chi connectivity index (χ0) is 15.2. The molecule has 2 aliphatic heterocycles. The molecule has 0 aromatic carbocycles. The van der Waals surface area contributed by atoms with Gasteiger partial charge in [0.2, 0.25) is 5.91 Å². The van der Waals surface area contributed by atoms with Crippen molar-refractivity contribution >= 4 is 11.9 Å². The predicted molar refractivity (Wildman–Crippen MR) is 73.7 cm³/mol. The highest BCUT2D eigenvalue weighted by Crippen LogP contribution is 2.51. The fourth-order valence-electron chi connectivity index (χ4n) is 4.07. The summed E-state index contributed by atoms with van der Waals surface area (Å²) in [6.07, 6.45) is 1.71. The van der Waals surface area contributed by atoms with Crippen LogP contribution in [-0.2, 0) is 19.1 Å². The molecule has 5 atom stereocenters. The van der Waals surface area contributed by atoms with Crippen LogP contribution in [0.3, 0.4) is 0 Å². The van der Waals surface area contributed by atoms with E-state index >= 15 is 0 Å². The van der Waals surface area contributed by atoms with E-state index in [0.717, 1.165) is 19.4 Å². The average Bonchev–Trinajstić information content (AvgIpc) is 2.94. The van der Waals surface area contributed by atoms with E-state index in [1.165, 1.54) is 0 Å². The van der Waals surface area contributed by atoms with E-state index < -0.39 is 18.2 Å². The largest absolute Gasteiger partial charge is 0.479 e. The summed E-state index contributed by atoms with van der Waals surface area (Å²) >= 11 is 0. The maximum atomic E-state index is 12.3. The van der Waals surface area contributed by atoms with Crippen LogP contribution in [0.25, 0.3) is 0 Å². The van der Waals surface area contributed by atoms with Crippen LogP contribution >= 0.6 is 0 Å². The van der Waals surface area contributed by atoms with Gasteiger partial charge in [-0.2, -0.15) is 0 Å². The second kappa shape index (κ2) is 5.25. The highest BCUT2D eigenvalue weighted by molar-refractivity contribution is 5.83. The molecule has 1 amide bonds. The molecule has 6 nitrogen and oxygen atoms in total. The fourth-order valence-corrected chi connectivity index (χ4v) is 4.07. The Bertz CT molecular complexity index is 449. The van der Waals surface area contributed by atoms with Crippen LogP contribution in [0.5, 0.6) is 0 Å². The van der Waals surface area contributed by atoms with Gasteiger partial charge in [-0.15, -0.1) is 0 Å². The summed E-state index contributed by atoms with van der Waals surface area (Å²) in [5.41, 5.74) is -0.0778. The Balaban J connectivity index is 1.59. The molecule has 2 N–H and O–H groups in total. The summed E-state index contributed by atoms with van der Waals surface area (Å²) in [7, 11) is 0. The third-order valence-corrected chi connectivity index (χ3v) is 5.22. The first-order valence-corrected chi connectivity index (χ1v) is 7.71. The minimum Gasteiger partial charge on any atom is -0.479 e. The molecule has 3 rings (SSSR count). The number of carbonyl (C=O) groups excluding carboxylic acids is 1.